The van der Waals surface area contributed by atoms with Crippen LogP contribution in [0, 0.1) is 26.6 Å². The van der Waals surface area contributed by atoms with E-state index in [0.29, 0.717) is 16.8 Å². The average Bonchev–Trinajstić information content (AvgIpc) is 2.38. The fraction of sp³-hybridized carbons (Fsp3) is 0.188. The summed E-state index contributed by atoms with van der Waals surface area (Å²) in [5.74, 6) is -0.677. The lowest BCUT2D eigenvalue weighted by Crippen LogP contribution is -2.07. The van der Waals surface area contributed by atoms with Gasteiger partial charge in [-0.2, -0.15) is 0 Å². The molecule has 0 bridgehead atoms. The molecule has 0 aliphatic carbocycles. The Bertz CT molecular complexity index is 687. The lowest BCUT2D eigenvalue weighted by Gasteiger charge is -2.10. The van der Waals surface area contributed by atoms with E-state index >= 15 is 0 Å². The molecule has 0 spiro atoms. The smallest absolute Gasteiger partial charge is 0.193 e. The number of benzene rings is 2. The van der Waals surface area contributed by atoms with Crippen LogP contribution in [0.5, 0.6) is 0 Å². The molecule has 0 unspecified atom stereocenters. The van der Waals surface area contributed by atoms with Gasteiger partial charge in [-0.3, -0.25) is 4.79 Å². The molecule has 2 rings (SSSR count). The van der Waals surface area contributed by atoms with Crippen LogP contribution >= 0.6 is 15.9 Å². The predicted octanol–water partition coefficient (Wildman–Crippen LogP) is 4.33. The van der Waals surface area contributed by atoms with Crippen LogP contribution in [0.1, 0.15) is 32.6 Å². The summed E-state index contributed by atoms with van der Waals surface area (Å²) < 4.78 is 14.7. The lowest BCUT2D eigenvalue weighted by atomic mass is 9.96. The van der Waals surface area contributed by atoms with Crippen LogP contribution in [-0.2, 0) is 0 Å². The Kier molecular flexibility index (Phi) is 3.95. The molecule has 0 saturated carbocycles. The molecule has 0 aliphatic rings. The highest BCUT2D eigenvalue weighted by molar-refractivity contribution is 9.10. The molecule has 4 heteroatoms. The number of anilines is 1. The fourth-order valence-corrected chi connectivity index (χ4v) is 2.47. The molecule has 0 amide bonds. The van der Waals surface area contributed by atoms with E-state index in [1.54, 1.807) is 13.0 Å². The second kappa shape index (κ2) is 5.37. The molecule has 0 radical (unpaired) electrons. The highest BCUT2D eigenvalue weighted by Gasteiger charge is 2.16. The summed E-state index contributed by atoms with van der Waals surface area (Å²) in [5.41, 5.74) is 9.02. The first-order valence-corrected chi connectivity index (χ1v) is 6.97. The monoisotopic (exact) mass is 335 g/mol. The Labute approximate surface area is 125 Å². The van der Waals surface area contributed by atoms with Crippen LogP contribution < -0.4 is 5.73 Å². The third-order valence-corrected chi connectivity index (χ3v) is 4.25. The number of hydrogen-bond acceptors (Lipinski definition) is 2. The van der Waals surface area contributed by atoms with Crippen molar-refractivity contribution in [2.24, 2.45) is 0 Å². The first-order valence-electron chi connectivity index (χ1n) is 6.18. The maximum absolute atomic E-state index is 13.7. The van der Waals surface area contributed by atoms with Crippen molar-refractivity contribution in [1.82, 2.24) is 0 Å². The van der Waals surface area contributed by atoms with Gasteiger partial charge in [0.2, 0.25) is 0 Å². The standard InChI is InChI=1S/C16H15BrFNO/c1-8-5-13(17)9(2)4-12(8)16(20)11-6-14(18)10(3)15(19)7-11/h4-7H,19H2,1-3H3. The maximum Gasteiger partial charge on any atom is 0.193 e. The second-order valence-corrected chi connectivity index (χ2v) is 5.77. The Morgan fingerprint density at radius 2 is 1.75 bits per heavy atom. The topological polar surface area (TPSA) is 43.1 Å². The van der Waals surface area contributed by atoms with Crippen molar-refractivity contribution in [2.45, 2.75) is 20.8 Å². The predicted molar refractivity (Wildman–Crippen MR) is 82.6 cm³/mol. The molecule has 104 valence electrons. The molecule has 0 saturated heterocycles. The minimum absolute atomic E-state index is 0.219. The van der Waals surface area contributed by atoms with Crippen LogP contribution in [0.3, 0.4) is 0 Å². The van der Waals surface area contributed by atoms with Crippen molar-refractivity contribution in [1.29, 1.82) is 0 Å². The quantitative estimate of drug-likeness (QED) is 0.655. The third-order valence-electron chi connectivity index (χ3n) is 3.40. The SMILES string of the molecule is Cc1cc(C(=O)c2cc(N)c(C)c(F)c2)c(C)cc1Br. The normalized spacial score (nSPS) is 10.7. The van der Waals surface area contributed by atoms with Crippen molar-refractivity contribution >= 4 is 27.4 Å². The van der Waals surface area contributed by atoms with Gasteiger partial charge >= 0.3 is 0 Å². The molecule has 2 N–H and O–H groups in total. The summed E-state index contributed by atoms with van der Waals surface area (Å²) in [6, 6.07) is 6.45. The van der Waals surface area contributed by atoms with E-state index < -0.39 is 5.82 Å². The number of ketones is 1. The van der Waals surface area contributed by atoms with E-state index in [4.69, 9.17) is 5.73 Å². The molecule has 0 heterocycles. The van der Waals surface area contributed by atoms with Gasteiger partial charge in [0.1, 0.15) is 5.82 Å². The van der Waals surface area contributed by atoms with Crippen molar-refractivity contribution in [3.05, 3.63) is 62.4 Å². The summed E-state index contributed by atoms with van der Waals surface area (Å²) in [5, 5.41) is 0. The molecule has 0 atom stereocenters. The number of hydrogen-bond donors (Lipinski definition) is 1. The summed E-state index contributed by atoms with van der Waals surface area (Å²) in [6.45, 7) is 5.35. The summed E-state index contributed by atoms with van der Waals surface area (Å²) in [4.78, 5) is 12.5. The molecule has 2 nitrogen and oxygen atoms in total. The van der Waals surface area contributed by atoms with Crippen LogP contribution in [0.4, 0.5) is 10.1 Å². The first kappa shape index (κ1) is 14.7. The lowest BCUT2D eigenvalue weighted by molar-refractivity contribution is 0.103. The number of carbonyl (C=O) groups excluding carboxylic acids is 1. The van der Waals surface area contributed by atoms with E-state index in [-0.39, 0.29) is 11.3 Å². The van der Waals surface area contributed by atoms with Gasteiger partial charge in [-0.05, 0) is 56.2 Å². The van der Waals surface area contributed by atoms with E-state index in [0.717, 1.165) is 15.6 Å². The van der Waals surface area contributed by atoms with Crippen LogP contribution in [0.15, 0.2) is 28.7 Å². The van der Waals surface area contributed by atoms with Crippen molar-refractivity contribution in [3.8, 4) is 0 Å². The number of carbonyl (C=O) groups is 1. The highest BCUT2D eigenvalue weighted by atomic mass is 79.9. The molecule has 2 aromatic rings. The van der Waals surface area contributed by atoms with Crippen molar-refractivity contribution in [3.63, 3.8) is 0 Å². The van der Waals surface area contributed by atoms with Gasteiger partial charge in [-0.1, -0.05) is 15.9 Å². The van der Waals surface area contributed by atoms with Gasteiger partial charge in [0, 0.05) is 26.9 Å². The maximum atomic E-state index is 13.7. The largest absolute Gasteiger partial charge is 0.398 e. The molecule has 0 fully saturated rings. The number of rotatable bonds is 2. The zero-order valence-corrected chi connectivity index (χ0v) is 13.1. The van der Waals surface area contributed by atoms with E-state index in [1.807, 2.05) is 19.9 Å². The Morgan fingerprint density at radius 1 is 1.10 bits per heavy atom. The minimum Gasteiger partial charge on any atom is -0.398 e. The van der Waals surface area contributed by atoms with E-state index in [2.05, 4.69) is 15.9 Å². The average molecular weight is 336 g/mol. The van der Waals surface area contributed by atoms with Crippen LogP contribution in [0.25, 0.3) is 0 Å². The summed E-state index contributed by atoms with van der Waals surface area (Å²) in [6.07, 6.45) is 0. The number of aryl methyl sites for hydroxylation is 2. The van der Waals surface area contributed by atoms with Crippen LogP contribution in [0.2, 0.25) is 0 Å². The molecular formula is C16H15BrFNO. The van der Waals surface area contributed by atoms with Gasteiger partial charge in [0.15, 0.2) is 5.78 Å². The zero-order chi connectivity index (χ0) is 15.0. The number of halogens is 2. The second-order valence-electron chi connectivity index (χ2n) is 4.92. The molecule has 20 heavy (non-hydrogen) atoms. The Hall–Kier alpha value is -1.68. The number of nitrogens with two attached hydrogens (primary N) is 1. The molecule has 0 aromatic heterocycles. The molecular weight excluding hydrogens is 321 g/mol. The summed E-state index contributed by atoms with van der Waals surface area (Å²) >= 11 is 3.43. The van der Waals surface area contributed by atoms with Gasteiger partial charge in [0.25, 0.3) is 0 Å². The fourth-order valence-electron chi connectivity index (χ4n) is 2.01. The van der Waals surface area contributed by atoms with Crippen LogP contribution in [-0.4, -0.2) is 5.78 Å². The molecule has 0 aliphatic heterocycles. The van der Waals surface area contributed by atoms with E-state index in [9.17, 15) is 9.18 Å². The Morgan fingerprint density at radius 3 is 2.35 bits per heavy atom. The summed E-state index contributed by atoms with van der Waals surface area (Å²) in [7, 11) is 0. The Balaban J connectivity index is 2.55. The first-order chi connectivity index (χ1) is 9.31. The van der Waals surface area contributed by atoms with Gasteiger partial charge < -0.3 is 5.73 Å². The van der Waals surface area contributed by atoms with Crippen molar-refractivity contribution in [2.75, 3.05) is 5.73 Å². The van der Waals surface area contributed by atoms with Gasteiger partial charge in [-0.25, -0.2) is 4.39 Å². The molecule has 2 aromatic carbocycles. The third kappa shape index (κ3) is 2.61. The number of nitrogen functional groups attached to an aromatic ring is 1. The van der Waals surface area contributed by atoms with Gasteiger partial charge in [0.05, 0.1) is 0 Å². The van der Waals surface area contributed by atoms with Crippen molar-refractivity contribution < 1.29 is 9.18 Å². The van der Waals surface area contributed by atoms with Gasteiger partial charge in [-0.15, -0.1) is 0 Å². The highest BCUT2D eigenvalue weighted by Crippen LogP contribution is 2.25. The minimum atomic E-state index is -0.458. The van der Waals surface area contributed by atoms with E-state index in [1.165, 1.54) is 12.1 Å². The zero-order valence-electron chi connectivity index (χ0n) is 11.6.